The molecule has 0 aliphatic rings. The summed E-state index contributed by atoms with van der Waals surface area (Å²) in [6, 6.07) is 7.23. The number of nitrogens with zero attached hydrogens (tertiary/aromatic N) is 1. The molecule has 3 nitrogen and oxygen atoms in total. The van der Waals surface area contributed by atoms with E-state index in [1.54, 1.807) is 18.5 Å². The minimum absolute atomic E-state index is 0.363. The van der Waals surface area contributed by atoms with E-state index in [1.165, 1.54) is 0 Å². The van der Waals surface area contributed by atoms with Crippen LogP contribution in [0.2, 0.25) is 0 Å². The van der Waals surface area contributed by atoms with Gasteiger partial charge in [-0.3, -0.25) is 9.78 Å². The lowest BCUT2D eigenvalue weighted by molar-refractivity contribution is 0.1000. The Hall–Kier alpha value is -2.60. The van der Waals surface area contributed by atoms with Crippen molar-refractivity contribution in [3.63, 3.8) is 0 Å². The molecule has 0 spiro atoms. The SMILES string of the molecule is C#Cc1c(C(N)=O)ccc(C)c1-c1cccnc1. The first kappa shape index (κ1) is 11.9. The van der Waals surface area contributed by atoms with Crippen molar-refractivity contribution in [2.45, 2.75) is 6.92 Å². The highest BCUT2D eigenvalue weighted by Crippen LogP contribution is 2.28. The second-order valence-corrected chi connectivity index (χ2v) is 3.93. The fourth-order valence-electron chi connectivity index (χ4n) is 1.94. The van der Waals surface area contributed by atoms with E-state index < -0.39 is 5.91 Å². The molecule has 1 heterocycles. The number of aromatic nitrogens is 1. The van der Waals surface area contributed by atoms with Crippen molar-refractivity contribution in [3.05, 3.63) is 53.3 Å². The molecule has 2 N–H and O–H groups in total. The Morgan fingerprint density at radius 3 is 2.72 bits per heavy atom. The van der Waals surface area contributed by atoms with E-state index in [2.05, 4.69) is 10.9 Å². The van der Waals surface area contributed by atoms with Crippen molar-refractivity contribution in [1.29, 1.82) is 0 Å². The Bertz CT molecular complexity index is 640. The summed E-state index contributed by atoms with van der Waals surface area (Å²) in [7, 11) is 0. The highest BCUT2D eigenvalue weighted by molar-refractivity contribution is 5.98. The summed E-state index contributed by atoms with van der Waals surface area (Å²) in [5, 5.41) is 0. The molecule has 0 fully saturated rings. The molecule has 3 heteroatoms. The van der Waals surface area contributed by atoms with E-state index >= 15 is 0 Å². The minimum atomic E-state index is -0.520. The molecule has 0 unspecified atom stereocenters. The fraction of sp³-hybridized carbons (Fsp3) is 0.0667. The first-order chi connectivity index (χ1) is 8.65. The van der Waals surface area contributed by atoms with Gasteiger partial charge in [0.1, 0.15) is 0 Å². The minimum Gasteiger partial charge on any atom is -0.366 e. The molecule has 0 aliphatic carbocycles. The standard InChI is InChI=1S/C15H12N2O/c1-3-12-13(15(16)18)7-6-10(2)14(12)11-5-4-8-17-9-11/h1,4-9H,2H3,(H2,16,18). The zero-order valence-electron chi connectivity index (χ0n) is 9.97. The molecule has 18 heavy (non-hydrogen) atoms. The molecule has 1 aromatic heterocycles. The van der Waals surface area contributed by atoms with Crippen LogP contribution in [0.4, 0.5) is 0 Å². The lowest BCUT2D eigenvalue weighted by atomic mass is 9.92. The van der Waals surface area contributed by atoms with E-state index in [-0.39, 0.29) is 0 Å². The number of rotatable bonds is 2. The third-order valence-corrected chi connectivity index (χ3v) is 2.77. The highest BCUT2D eigenvalue weighted by Gasteiger charge is 2.14. The Balaban J connectivity index is 2.78. The molecule has 2 aromatic rings. The smallest absolute Gasteiger partial charge is 0.249 e. The van der Waals surface area contributed by atoms with E-state index in [0.717, 1.165) is 16.7 Å². The number of benzene rings is 1. The van der Waals surface area contributed by atoms with E-state index in [0.29, 0.717) is 11.1 Å². The van der Waals surface area contributed by atoms with Crippen molar-refractivity contribution in [1.82, 2.24) is 4.98 Å². The number of terminal acetylenes is 1. The van der Waals surface area contributed by atoms with Crippen molar-refractivity contribution < 1.29 is 4.79 Å². The normalized spacial score (nSPS) is 9.78. The zero-order chi connectivity index (χ0) is 13.1. The molecular formula is C15H12N2O. The first-order valence-electron chi connectivity index (χ1n) is 5.45. The maximum atomic E-state index is 11.4. The number of aryl methyl sites for hydroxylation is 1. The van der Waals surface area contributed by atoms with Crippen LogP contribution >= 0.6 is 0 Å². The summed E-state index contributed by atoms with van der Waals surface area (Å²) in [5.41, 5.74) is 8.93. The topological polar surface area (TPSA) is 56.0 Å². The number of hydrogen-bond acceptors (Lipinski definition) is 2. The van der Waals surface area contributed by atoms with Crippen LogP contribution in [0.15, 0.2) is 36.7 Å². The Morgan fingerprint density at radius 1 is 1.39 bits per heavy atom. The lowest BCUT2D eigenvalue weighted by Gasteiger charge is -2.11. The first-order valence-corrected chi connectivity index (χ1v) is 5.45. The second-order valence-electron chi connectivity index (χ2n) is 3.93. The van der Waals surface area contributed by atoms with Gasteiger partial charge in [-0.15, -0.1) is 6.42 Å². The summed E-state index contributed by atoms with van der Waals surface area (Å²) in [4.78, 5) is 15.5. The lowest BCUT2D eigenvalue weighted by Crippen LogP contribution is -2.13. The van der Waals surface area contributed by atoms with Gasteiger partial charge in [0.15, 0.2) is 0 Å². The predicted octanol–water partition coefficient (Wildman–Crippen LogP) is 2.14. The zero-order valence-corrected chi connectivity index (χ0v) is 9.97. The van der Waals surface area contributed by atoms with Gasteiger partial charge in [0.2, 0.25) is 5.91 Å². The summed E-state index contributed by atoms with van der Waals surface area (Å²) in [6.45, 7) is 1.94. The monoisotopic (exact) mass is 236 g/mol. The molecule has 1 aromatic carbocycles. The molecular weight excluding hydrogens is 224 g/mol. The Morgan fingerprint density at radius 2 is 2.17 bits per heavy atom. The van der Waals surface area contributed by atoms with E-state index in [9.17, 15) is 4.79 Å². The molecule has 0 bridgehead atoms. The predicted molar refractivity (Wildman–Crippen MR) is 70.9 cm³/mol. The van der Waals surface area contributed by atoms with E-state index in [1.807, 2.05) is 25.1 Å². The molecule has 0 saturated carbocycles. The van der Waals surface area contributed by atoms with Crippen molar-refractivity contribution >= 4 is 5.91 Å². The van der Waals surface area contributed by atoms with Crippen LogP contribution in [0.25, 0.3) is 11.1 Å². The summed E-state index contributed by atoms with van der Waals surface area (Å²) >= 11 is 0. The molecule has 1 amide bonds. The number of primary amides is 1. The summed E-state index contributed by atoms with van der Waals surface area (Å²) in [6.07, 6.45) is 8.92. The molecule has 2 rings (SSSR count). The van der Waals surface area contributed by atoms with Crippen molar-refractivity contribution in [2.24, 2.45) is 5.73 Å². The Kier molecular flexibility index (Phi) is 3.11. The van der Waals surface area contributed by atoms with Gasteiger partial charge in [0, 0.05) is 29.1 Å². The van der Waals surface area contributed by atoms with Gasteiger partial charge in [-0.05, 0) is 24.6 Å². The van der Waals surface area contributed by atoms with Crippen LogP contribution < -0.4 is 5.73 Å². The van der Waals surface area contributed by atoms with Gasteiger partial charge in [0.05, 0.1) is 5.56 Å². The maximum Gasteiger partial charge on any atom is 0.249 e. The van der Waals surface area contributed by atoms with E-state index in [4.69, 9.17) is 12.2 Å². The number of carbonyl (C=O) groups excluding carboxylic acids is 1. The number of carbonyl (C=O) groups is 1. The number of pyridine rings is 1. The van der Waals surface area contributed by atoms with Gasteiger partial charge < -0.3 is 5.73 Å². The van der Waals surface area contributed by atoms with Crippen LogP contribution in [-0.2, 0) is 0 Å². The number of hydrogen-bond donors (Lipinski definition) is 1. The quantitative estimate of drug-likeness (QED) is 0.812. The Labute approximate surface area is 106 Å². The molecule has 0 radical (unpaired) electrons. The van der Waals surface area contributed by atoms with Crippen LogP contribution in [0, 0.1) is 19.3 Å². The third kappa shape index (κ3) is 1.96. The van der Waals surface area contributed by atoms with Crippen LogP contribution in [-0.4, -0.2) is 10.9 Å². The van der Waals surface area contributed by atoms with Gasteiger partial charge in [-0.25, -0.2) is 0 Å². The average Bonchev–Trinajstić information content (AvgIpc) is 2.38. The molecule has 0 saturated heterocycles. The van der Waals surface area contributed by atoms with Gasteiger partial charge >= 0.3 is 0 Å². The van der Waals surface area contributed by atoms with Crippen LogP contribution in [0.1, 0.15) is 21.5 Å². The van der Waals surface area contributed by atoms with Gasteiger partial charge in [-0.2, -0.15) is 0 Å². The second kappa shape index (κ2) is 4.72. The van der Waals surface area contributed by atoms with Crippen LogP contribution in [0.5, 0.6) is 0 Å². The van der Waals surface area contributed by atoms with Crippen molar-refractivity contribution in [3.8, 4) is 23.5 Å². The molecule has 88 valence electrons. The van der Waals surface area contributed by atoms with Gasteiger partial charge in [0.25, 0.3) is 0 Å². The summed E-state index contributed by atoms with van der Waals surface area (Å²) in [5.74, 6) is 2.04. The fourth-order valence-corrected chi connectivity index (χ4v) is 1.94. The maximum absolute atomic E-state index is 11.4. The summed E-state index contributed by atoms with van der Waals surface area (Å²) < 4.78 is 0. The third-order valence-electron chi connectivity index (χ3n) is 2.77. The molecule has 0 atom stereocenters. The largest absolute Gasteiger partial charge is 0.366 e. The highest BCUT2D eigenvalue weighted by atomic mass is 16.1. The average molecular weight is 236 g/mol. The van der Waals surface area contributed by atoms with Crippen molar-refractivity contribution in [2.75, 3.05) is 0 Å². The van der Waals surface area contributed by atoms with Gasteiger partial charge in [-0.1, -0.05) is 18.1 Å². The van der Waals surface area contributed by atoms with Crippen LogP contribution in [0.3, 0.4) is 0 Å². The number of nitrogens with two attached hydrogens (primary N) is 1. The molecule has 0 aliphatic heterocycles. The number of amides is 1.